The lowest BCUT2D eigenvalue weighted by atomic mass is 10.2. The Hall–Kier alpha value is -2.06. The van der Waals surface area contributed by atoms with Crippen molar-refractivity contribution >= 4 is 44.0 Å². The molecule has 1 atom stereocenters. The van der Waals surface area contributed by atoms with Crippen molar-refractivity contribution in [1.82, 2.24) is 20.1 Å². The van der Waals surface area contributed by atoms with E-state index in [9.17, 15) is 4.39 Å². The zero-order valence-corrected chi connectivity index (χ0v) is 17.5. The van der Waals surface area contributed by atoms with Crippen LogP contribution in [0.4, 0.5) is 4.39 Å². The Bertz CT molecular complexity index is 962. The third-order valence-corrected chi connectivity index (χ3v) is 4.95. The summed E-state index contributed by atoms with van der Waals surface area (Å²) in [6.07, 6.45) is 5.60. The molecule has 142 valence electrons. The van der Waals surface area contributed by atoms with Gasteiger partial charge in [-0.3, -0.25) is 9.67 Å². The van der Waals surface area contributed by atoms with Crippen molar-refractivity contribution in [2.24, 2.45) is 0 Å². The number of fused-ring (bicyclic) bond motifs is 1. The number of rotatable bonds is 7. The molecule has 3 rings (SSSR count). The van der Waals surface area contributed by atoms with Crippen molar-refractivity contribution in [2.75, 3.05) is 0 Å². The summed E-state index contributed by atoms with van der Waals surface area (Å²) in [5, 5.41) is 8.21. The van der Waals surface area contributed by atoms with Crippen LogP contribution in [0.5, 0.6) is 5.75 Å². The van der Waals surface area contributed by atoms with E-state index in [0.717, 1.165) is 22.0 Å². The average molecular weight is 451 g/mol. The Balaban J connectivity index is 1.70. The second-order valence-electron chi connectivity index (χ2n) is 6.07. The molecule has 5 nitrogen and oxygen atoms in total. The van der Waals surface area contributed by atoms with Gasteiger partial charge in [-0.25, -0.2) is 4.39 Å². The summed E-state index contributed by atoms with van der Waals surface area (Å²) in [5.74, 6) is -0.292. The van der Waals surface area contributed by atoms with Gasteiger partial charge in [0.1, 0.15) is 11.1 Å². The van der Waals surface area contributed by atoms with Gasteiger partial charge in [0.2, 0.25) is 0 Å². The van der Waals surface area contributed by atoms with Crippen LogP contribution in [0.1, 0.15) is 25.8 Å². The number of aryl methyl sites for hydroxylation is 1. The molecule has 0 aliphatic heterocycles. The first kappa shape index (κ1) is 19.7. The molecule has 0 aliphatic carbocycles. The lowest BCUT2D eigenvalue weighted by molar-refractivity contribution is 0.249. The van der Waals surface area contributed by atoms with Crippen molar-refractivity contribution in [2.45, 2.75) is 39.5 Å². The second kappa shape index (κ2) is 8.75. The highest BCUT2D eigenvalue weighted by atomic mass is 79.9. The number of nitrogens with one attached hydrogen (secondary N) is 1. The molecule has 0 radical (unpaired) electrons. The predicted molar refractivity (Wildman–Crippen MR) is 111 cm³/mol. The molecule has 3 aromatic rings. The van der Waals surface area contributed by atoms with Crippen LogP contribution in [0, 0.1) is 5.82 Å². The molecule has 1 unspecified atom stereocenters. The molecular formula is C19H20BrFN4OS. The van der Waals surface area contributed by atoms with Crippen LogP contribution in [-0.2, 0) is 13.1 Å². The molecule has 0 saturated heterocycles. The van der Waals surface area contributed by atoms with Crippen LogP contribution in [-0.4, -0.2) is 25.9 Å². The highest BCUT2D eigenvalue weighted by Gasteiger charge is 2.17. The summed E-state index contributed by atoms with van der Waals surface area (Å²) in [4.78, 5) is 4.74. The Morgan fingerprint density at radius 2 is 2.15 bits per heavy atom. The van der Waals surface area contributed by atoms with E-state index < -0.39 is 11.9 Å². The maximum atomic E-state index is 14.4. The van der Waals surface area contributed by atoms with Crippen molar-refractivity contribution in [3.05, 3.63) is 52.6 Å². The first-order valence-electron chi connectivity index (χ1n) is 8.70. The fourth-order valence-electron chi connectivity index (χ4n) is 2.64. The van der Waals surface area contributed by atoms with Gasteiger partial charge in [-0.2, -0.15) is 5.10 Å². The van der Waals surface area contributed by atoms with Gasteiger partial charge in [0.25, 0.3) is 0 Å². The molecule has 0 bridgehead atoms. The van der Waals surface area contributed by atoms with E-state index in [2.05, 4.69) is 31.3 Å². The van der Waals surface area contributed by atoms with Crippen LogP contribution in [0.3, 0.4) is 0 Å². The van der Waals surface area contributed by atoms with Crippen LogP contribution in [0.25, 0.3) is 10.9 Å². The topological polar surface area (TPSA) is 52.0 Å². The van der Waals surface area contributed by atoms with Gasteiger partial charge in [0, 0.05) is 47.0 Å². The minimum atomic E-state index is -0.456. The molecule has 1 N–H and O–H groups in total. The van der Waals surface area contributed by atoms with Gasteiger partial charge in [-0.15, -0.1) is 0 Å². The van der Waals surface area contributed by atoms with Gasteiger partial charge in [-0.05, 0) is 41.4 Å². The van der Waals surface area contributed by atoms with Crippen LogP contribution in [0.2, 0.25) is 0 Å². The number of hydrogen-bond donors (Lipinski definition) is 1. The largest absolute Gasteiger partial charge is 0.480 e. The van der Waals surface area contributed by atoms with E-state index in [0.29, 0.717) is 23.5 Å². The molecule has 2 aromatic heterocycles. The number of pyridine rings is 1. The van der Waals surface area contributed by atoms with Crippen molar-refractivity contribution in [1.29, 1.82) is 0 Å². The van der Waals surface area contributed by atoms with Crippen molar-refractivity contribution in [3.8, 4) is 5.75 Å². The molecule has 0 amide bonds. The number of ether oxygens (including phenoxy) is 1. The Kier molecular flexibility index (Phi) is 6.38. The van der Waals surface area contributed by atoms with E-state index in [1.807, 2.05) is 30.8 Å². The summed E-state index contributed by atoms with van der Waals surface area (Å²) in [6.45, 7) is 5.35. The maximum absolute atomic E-state index is 14.4. The normalized spacial score (nSPS) is 12.1. The average Bonchev–Trinajstić information content (AvgIpc) is 3.13. The highest BCUT2D eigenvalue weighted by Crippen LogP contribution is 2.27. The standard InChI is InChI=1S/C19H20BrFN4OS/c1-3-17(19(27)23-8-12-9-24-25(4-2)11-12)26-18-6-13-5-14(20)10-22-16(13)7-15(18)21/h5-7,9-11,17H,3-4,8H2,1-2H3,(H,23,27). The highest BCUT2D eigenvalue weighted by molar-refractivity contribution is 9.10. The number of benzene rings is 1. The summed E-state index contributed by atoms with van der Waals surface area (Å²) >= 11 is 8.84. The minimum Gasteiger partial charge on any atom is -0.480 e. The smallest absolute Gasteiger partial charge is 0.167 e. The van der Waals surface area contributed by atoms with E-state index >= 15 is 0 Å². The van der Waals surface area contributed by atoms with Gasteiger partial charge in [0.15, 0.2) is 11.6 Å². The fraction of sp³-hybridized carbons (Fsp3) is 0.316. The third kappa shape index (κ3) is 4.81. The SMILES string of the molecule is CCC(Oc1cc2cc(Br)cnc2cc1F)C(=S)NCc1cnn(CC)c1. The van der Waals surface area contributed by atoms with Gasteiger partial charge < -0.3 is 10.1 Å². The first-order valence-corrected chi connectivity index (χ1v) is 9.90. The zero-order chi connectivity index (χ0) is 19.4. The maximum Gasteiger partial charge on any atom is 0.167 e. The fourth-order valence-corrected chi connectivity index (χ4v) is 3.28. The van der Waals surface area contributed by atoms with E-state index in [1.54, 1.807) is 18.5 Å². The van der Waals surface area contributed by atoms with Crippen molar-refractivity contribution < 1.29 is 9.13 Å². The van der Waals surface area contributed by atoms with Crippen LogP contribution in [0.15, 0.2) is 41.3 Å². The van der Waals surface area contributed by atoms with E-state index in [-0.39, 0.29) is 5.75 Å². The van der Waals surface area contributed by atoms with Crippen LogP contribution < -0.4 is 10.1 Å². The van der Waals surface area contributed by atoms with Crippen LogP contribution >= 0.6 is 28.1 Å². The molecule has 0 aliphatic rings. The molecular weight excluding hydrogens is 431 g/mol. The van der Waals surface area contributed by atoms with Crippen molar-refractivity contribution in [3.63, 3.8) is 0 Å². The lowest BCUT2D eigenvalue weighted by Crippen LogP contribution is -2.36. The minimum absolute atomic E-state index is 0.164. The van der Waals surface area contributed by atoms with E-state index in [1.165, 1.54) is 6.07 Å². The zero-order valence-electron chi connectivity index (χ0n) is 15.1. The molecule has 0 saturated carbocycles. The lowest BCUT2D eigenvalue weighted by Gasteiger charge is -2.20. The molecule has 8 heteroatoms. The molecule has 0 fully saturated rings. The second-order valence-corrected chi connectivity index (χ2v) is 7.42. The molecule has 2 heterocycles. The Labute approximate surface area is 171 Å². The summed E-state index contributed by atoms with van der Waals surface area (Å²) in [6, 6.07) is 4.90. The van der Waals surface area contributed by atoms with E-state index in [4.69, 9.17) is 17.0 Å². The number of hydrogen-bond acceptors (Lipinski definition) is 4. The number of nitrogens with zero attached hydrogens (tertiary/aromatic N) is 3. The van der Waals surface area contributed by atoms with Gasteiger partial charge >= 0.3 is 0 Å². The first-order chi connectivity index (χ1) is 13.0. The summed E-state index contributed by atoms with van der Waals surface area (Å²) in [5.41, 5.74) is 1.60. The Morgan fingerprint density at radius 3 is 2.85 bits per heavy atom. The summed E-state index contributed by atoms with van der Waals surface area (Å²) in [7, 11) is 0. The number of thiocarbonyl (C=S) groups is 1. The number of aromatic nitrogens is 3. The molecule has 1 aromatic carbocycles. The monoisotopic (exact) mass is 450 g/mol. The quantitative estimate of drug-likeness (QED) is 0.531. The summed E-state index contributed by atoms with van der Waals surface area (Å²) < 4.78 is 23.0. The van der Waals surface area contributed by atoms with Gasteiger partial charge in [0.05, 0.1) is 11.7 Å². The number of halogens is 2. The predicted octanol–water partition coefficient (Wildman–Crippen LogP) is 4.63. The third-order valence-electron chi connectivity index (χ3n) is 4.11. The Morgan fingerprint density at radius 1 is 1.33 bits per heavy atom. The van der Waals surface area contributed by atoms with Gasteiger partial charge in [-0.1, -0.05) is 19.1 Å². The molecule has 27 heavy (non-hydrogen) atoms. The molecule has 0 spiro atoms.